The molecule has 1 saturated carbocycles. The molecule has 0 heterocycles. The first kappa shape index (κ1) is 10.5. The molecule has 0 aromatic rings. The molecule has 76 valence electrons. The van der Waals surface area contributed by atoms with Crippen molar-refractivity contribution < 1.29 is 4.79 Å². The van der Waals surface area contributed by atoms with E-state index < -0.39 is 0 Å². The zero-order chi connectivity index (χ0) is 9.52. The molecule has 3 nitrogen and oxygen atoms in total. The molecule has 1 aliphatic rings. The Morgan fingerprint density at radius 3 is 2.62 bits per heavy atom. The lowest BCUT2D eigenvalue weighted by molar-refractivity contribution is -0.122. The van der Waals surface area contributed by atoms with Crippen LogP contribution in [0, 0.1) is 5.92 Å². The van der Waals surface area contributed by atoms with Crippen LogP contribution in [0.2, 0.25) is 0 Å². The van der Waals surface area contributed by atoms with Crippen molar-refractivity contribution in [1.82, 2.24) is 5.32 Å². The standard InChI is InChI=1S/C10H20N2O/c11-6-7-12-10(13)8-9-4-2-1-3-5-9/h9H,1-8,11H2,(H,12,13). The lowest BCUT2D eigenvalue weighted by Gasteiger charge is -2.20. The number of nitrogens with two attached hydrogens (primary N) is 1. The molecule has 0 aliphatic heterocycles. The maximum absolute atomic E-state index is 11.3. The topological polar surface area (TPSA) is 55.1 Å². The normalized spacial score (nSPS) is 18.5. The van der Waals surface area contributed by atoms with E-state index in [1.807, 2.05) is 0 Å². The van der Waals surface area contributed by atoms with E-state index in [-0.39, 0.29) is 5.91 Å². The average molecular weight is 184 g/mol. The van der Waals surface area contributed by atoms with E-state index in [2.05, 4.69) is 5.32 Å². The van der Waals surface area contributed by atoms with Crippen molar-refractivity contribution in [2.45, 2.75) is 38.5 Å². The van der Waals surface area contributed by atoms with Gasteiger partial charge in [0.1, 0.15) is 0 Å². The zero-order valence-corrected chi connectivity index (χ0v) is 8.22. The minimum Gasteiger partial charge on any atom is -0.355 e. The number of amides is 1. The molecule has 3 heteroatoms. The van der Waals surface area contributed by atoms with Gasteiger partial charge in [-0.2, -0.15) is 0 Å². The highest BCUT2D eigenvalue weighted by Gasteiger charge is 2.16. The molecule has 0 aromatic heterocycles. The molecular formula is C10H20N2O. The van der Waals surface area contributed by atoms with Crippen molar-refractivity contribution in [2.75, 3.05) is 13.1 Å². The van der Waals surface area contributed by atoms with E-state index in [0.717, 1.165) is 0 Å². The highest BCUT2D eigenvalue weighted by Crippen LogP contribution is 2.25. The van der Waals surface area contributed by atoms with E-state index in [4.69, 9.17) is 5.73 Å². The summed E-state index contributed by atoms with van der Waals surface area (Å²) in [6.45, 7) is 1.15. The maximum atomic E-state index is 11.3. The molecule has 1 aliphatic carbocycles. The molecule has 1 rings (SSSR count). The van der Waals surface area contributed by atoms with Gasteiger partial charge in [0, 0.05) is 19.5 Å². The van der Waals surface area contributed by atoms with Crippen molar-refractivity contribution in [3.63, 3.8) is 0 Å². The smallest absolute Gasteiger partial charge is 0.220 e. The van der Waals surface area contributed by atoms with Gasteiger partial charge in [-0.15, -0.1) is 0 Å². The van der Waals surface area contributed by atoms with Crippen molar-refractivity contribution in [1.29, 1.82) is 0 Å². The Morgan fingerprint density at radius 2 is 2.00 bits per heavy atom. The first-order chi connectivity index (χ1) is 6.33. The maximum Gasteiger partial charge on any atom is 0.220 e. The second-order valence-electron chi connectivity index (χ2n) is 3.85. The van der Waals surface area contributed by atoms with Gasteiger partial charge in [-0.25, -0.2) is 0 Å². The molecule has 1 fully saturated rings. The second-order valence-corrected chi connectivity index (χ2v) is 3.85. The number of nitrogens with one attached hydrogen (secondary N) is 1. The van der Waals surface area contributed by atoms with E-state index in [1.165, 1.54) is 32.1 Å². The third-order valence-electron chi connectivity index (χ3n) is 2.67. The summed E-state index contributed by atoms with van der Waals surface area (Å²) in [5.74, 6) is 0.809. The lowest BCUT2D eigenvalue weighted by atomic mass is 9.87. The Labute approximate surface area is 80.1 Å². The molecule has 0 aromatic carbocycles. The van der Waals surface area contributed by atoms with Gasteiger partial charge in [-0.05, 0) is 18.8 Å². The Morgan fingerprint density at radius 1 is 1.31 bits per heavy atom. The van der Waals surface area contributed by atoms with Gasteiger partial charge >= 0.3 is 0 Å². The van der Waals surface area contributed by atoms with Gasteiger partial charge in [-0.3, -0.25) is 4.79 Å². The van der Waals surface area contributed by atoms with Gasteiger partial charge in [-0.1, -0.05) is 19.3 Å². The number of rotatable bonds is 4. The van der Waals surface area contributed by atoms with Crippen LogP contribution in [0.3, 0.4) is 0 Å². The first-order valence-corrected chi connectivity index (χ1v) is 5.29. The van der Waals surface area contributed by atoms with Crippen LogP contribution in [-0.4, -0.2) is 19.0 Å². The summed E-state index contributed by atoms with van der Waals surface area (Å²) in [6, 6.07) is 0. The average Bonchev–Trinajstić information content (AvgIpc) is 2.16. The Bertz CT molecular complexity index is 153. The van der Waals surface area contributed by atoms with Crippen LogP contribution >= 0.6 is 0 Å². The molecule has 3 N–H and O–H groups in total. The molecule has 0 spiro atoms. The summed E-state index contributed by atoms with van der Waals surface area (Å²) in [4.78, 5) is 11.3. The van der Waals surface area contributed by atoms with E-state index in [9.17, 15) is 4.79 Å². The van der Waals surface area contributed by atoms with Gasteiger partial charge in [0.2, 0.25) is 5.91 Å². The minimum atomic E-state index is 0.178. The second kappa shape index (κ2) is 5.97. The summed E-state index contributed by atoms with van der Waals surface area (Å²) < 4.78 is 0. The summed E-state index contributed by atoms with van der Waals surface area (Å²) >= 11 is 0. The van der Waals surface area contributed by atoms with E-state index in [1.54, 1.807) is 0 Å². The number of hydrogen-bond acceptors (Lipinski definition) is 2. The first-order valence-electron chi connectivity index (χ1n) is 5.29. The minimum absolute atomic E-state index is 0.178. The van der Waals surface area contributed by atoms with Crippen LogP contribution < -0.4 is 11.1 Å². The number of hydrogen-bond donors (Lipinski definition) is 2. The lowest BCUT2D eigenvalue weighted by Crippen LogP contribution is -2.30. The van der Waals surface area contributed by atoms with Crippen molar-refractivity contribution in [3.8, 4) is 0 Å². The molecule has 13 heavy (non-hydrogen) atoms. The summed E-state index contributed by atoms with van der Waals surface area (Å²) in [6.07, 6.45) is 7.12. The Hall–Kier alpha value is -0.570. The highest BCUT2D eigenvalue weighted by molar-refractivity contribution is 5.76. The highest BCUT2D eigenvalue weighted by atomic mass is 16.1. The quantitative estimate of drug-likeness (QED) is 0.685. The fourth-order valence-corrected chi connectivity index (χ4v) is 1.94. The van der Waals surface area contributed by atoms with E-state index >= 15 is 0 Å². The summed E-state index contributed by atoms with van der Waals surface area (Å²) in [7, 11) is 0. The van der Waals surface area contributed by atoms with Crippen molar-refractivity contribution >= 4 is 5.91 Å². The van der Waals surface area contributed by atoms with Crippen LogP contribution in [-0.2, 0) is 4.79 Å². The molecule has 0 atom stereocenters. The molecule has 0 saturated heterocycles. The van der Waals surface area contributed by atoms with Crippen LogP contribution in [0.25, 0.3) is 0 Å². The van der Waals surface area contributed by atoms with Gasteiger partial charge < -0.3 is 11.1 Å². The molecule has 0 bridgehead atoms. The predicted octanol–water partition coefficient (Wildman–Crippen LogP) is 1.03. The SMILES string of the molecule is NCCNC(=O)CC1CCCCC1. The van der Waals surface area contributed by atoms with Crippen LogP contribution in [0.5, 0.6) is 0 Å². The zero-order valence-electron chi connectivity index (χ0n) is 8.22. The predicted molar refractivity (Wildman–Crippen MR) is 53.3 cm³/mol. The Kier molecular flexibility index (Phi) is 4.83. The van der Waals surface area contributed by atoms with Gasteiger partial charge in [0.15, 0.2) is 0 Å². The Balaban J connectivity index is 2.11. The van der Waals surface area contributed by atoms with Crippen molar-refractivity contribution in [2.24, 2.45) is 11.7 Å². The largest absolute Gasteiger partial charge is 0.355 e. The van der Waals surface area contributed by atoms with E-state index in [0.29, 0.717) is 25.4 Å². The van der Waals surface area contributed by atoms with Crippen LogP contribution in [0.4, 0.5) is 0 Å². The van der Waals surface area contributed by atoms with Crippen LogP contribution in [0.15, 0.2) is 0 Å². The number of carbonyl (C=O) groups is 1. The molecular weight excluding hydrogens is 164 g/mol. The number of carbonyl (C=O) groups excluding carboxylic acids is 1. The van der Waals surface area contributed by atoms with Gasteiger partial charge in [0.05, 0.1) is 0 Å². The van der Waals surface area contributed by atoms with Crippen LogP contribution in [0.1, 0.15) is 38.5 Å². The third kappa shape index (κ3) is 4.27. The third-order valence-corrected chi connectivity index (χ3v) is 2.67. The summed E-state index contributed by atoms with van der Waals surface area (Å²) in [5, 5.41) is 2.82. The summed E-state index contributed by atoms with van der Waals surface area (Å²) in [5.41, 5.74) is 5.30. The fourth-order valence-electron chi connectivity index (χ4n) is 1.94. The van der Waals surface area contributed by atoms with Crippen molar-refractivity contribution in [3.05, 3.63) is 0 Å². The molecule has 0 unspecified atom stereocenters. The monoisotopic (exact) mass is 184 g/mol. The van der Waals surface area contributed by atoms with Gasteiger partial charge in [0.25, 0.3) is 0 Å². The fraction of sp³-hybridized carbons (Fsp3) is 0.900. The molecule has 0 radical (unpaired) electrons. The molecule has 1 amide bonds.